The van der Waals surface area contributed by atoms with Gasteiger partial charge in [0.05, 0.1) is 0 Å². The Kier molecular flexibility index (Phi) is 14.3. The quantitative estimate of drug-likeness (QED) is 0.152. The van der Waals surface area contributed by atoms with Crippen LogP contribution in [0, 0.1) is 39.9 Å². The van der Waals surface area contributed by atoms with Crippen LogP contribution in [0.5, 0.6) is 0 Å². The fourth-order valence-electron chi connectivity index (χ4n) is 0.907. The molecule has 25 heavy (non-hydrogen) atoms. The normalized spacial score (nSPS) is 14.4. The van der Waals surface area contributed by atoms with E-state index in [-0.39, 0.29) is 39.9 Å². The van der Waals surface area contributed by atoms with Crippen molar-refractivity contribution in [2.24, 2.45) is 0 Å². The zero-order chi connectivity index (χ0) is 20.3. The van der Waals surface area contributed by atoms with Crippen molar-refractivity contribution in [2.75, 3.05) is 0 Å². The molecule has 0 aliphatic carbocycles. The van der Waals surface area contributed by atoms with E-state index in [4.69, 9.17) is 48.9 Å². The third-order valence-electron chi connectivity index (χ3n) is 1.60. The van der Waals surface area contributed by atoms with Crippen LogP contribution in [0.15, 0.2) is 0 Å². The molecule has 0 saturated carbocycles. The summed E-state index contributed by atoms with van der Waals surface area (Å²) in [5.41, 5.74) is 0. The van der Waals surface area contributed by atoms with E-state index in [9.17, 15) is 27.4 Å². The summed E-state index contributed by atoms with van der Waals surface area (Å²) in [6.07, 6.45) is 0. The van der Waals surface area contributed by atoms with E-state index in [0.717, 1.165) is 0 Å². The summed E-state index contributed by atoms with van der Waals surface area (Å²) in [5.74, 6) is 0. The van der Waals surface area contributed by atoms with E-state index in [1.165, 1.54) is 0 Å². The standard InChI is InChI=1S/2CH5O8P3.Gd/c2*2-10(3)1(11(4,5)6)12(7,8)9;/h2*1H,(H4-,2,3,4,5,6,7,8,9);/p+2. The summed E-state index contributed by atoms with van der Waals surface area (Å²) < 4.78 is 61.4. The molecule has 0 fully saturated rings. The Morgan fingerprint density at radius 3 is 0.640 bits per heavy atom. The maximum Gasteiger partial charge on any atom is 0.535 e. The average Bonchev–Trinajstić information content (AvgIpc) is 2.03. The van der Waals surface area contributed by atoms with Crippen molar-refractivity contribution in [3.8, 4) is 0 Å². The predicted molar refractivity (Wildman–Crippen MR) is 75.4 cm³/mol. The van der Waals surface area contributed by atoms with E-state index < -0.39 is 56.7 Å². The predicted octanol–water partition coefficient (Wildman–Crippen LogP) is -1.28. The zero-order valence-electron chi connectivity index (χ0n) is 11.1. The fourth-order valence-corrected chi connectivity index (χ4v) is 8.16. The number of hydrogen-bond acceptors (Lipinski definition) is 6. The molecule has 0 aliphatic heterocycles. The maximum absolute atomic E-state index is 10.3. The van der Waals surface area contributed by atoms with Crippen LogP contribution in [0.4, 0.5) is 0 Å². The molecule has 10 N–H and O–H groups in total. The number of hydrogen-bond donors (Lipinski definition) is 10. The van der Waals surface area contributed by atoms with Gasteiger partial charge in [0.25, 0.3) is 0 Å². The minimum absolute atomic E-state index is 0. The van der Waals surface area contributed by atoms with E-state index in [1.807, 2.05) is 0 Å². The first-order chi connectivity index (χ1) is 10.1. The van der Waals surface area contributed by atoms with Gasteiger partial charge in [-0.1, -0.05) is 0 Å². The van der Waals surface area contributed by atoms with Crippen LogP contribution in [-0.2, 0) is 27.4 Å². The monoisotopic (exact) mass is 636 g/mol. The minimum Gasteiger partial charge on any atom is -0.321 e. The molecule has 0 radical (unpaired) electrons. The molecule has 0 rings (SSSR count). The van der Waals surface area contributed by atoms with Gasteiger partial charge in [-0.15, -0.1) is 0 Å². The van der Waals surface area contributed by atoms with Crippen LogP contribution < -0.4 is 0 Å². The Labute approximate surface area is 172 Å². The molecule has 0 saturated heterocycles. The van der Waals surface area contributed by atoms with Crippen molar-refractivity contribution in [3.05, 3.63) is 0 Å². The summed E-state index contributed by atoms with van der Waals surface area (Å²) in [6, 6.07) is 0. The van der Waals surface area contributed by atoms with E-state index in [0.29, 0.717) is 0 Å². The Morgan fingerprint density at radius 1 is 0.520 bits per heavy atom. The second-order valence-corrected chi connectivity index (χ2v) is 15.1. The first-order valence-electron chi connectivity index (χ1n) is 4.64. The Bertz CT molecular complexity index is 556. The van der Waals surface area contributed by atoms with Gasteiger partial charge in [-0.25, -0.2) is 0 Å². The van der Waals surface area contributed by atoms with E-state index in [2.05, 4.69) is 0 Å². The van der Waals surface area contributed by atoms with Crippen LogP contribution in [0.1, 0.15) is 0 Å². The molecule has 0 spiro atoms. The van der Waals surface area contributed by atoms with Crippen LogP contribution in [0.2, 0.25) is 0 Å². The second-order valence-electron chi connectivity index (χ2n) is 3.65. The van der Waals surface area contributed by atoms with E-state index in [1.54, 1.807) is 0 Å². The van der Waals surface area contributed by atoms with Gasteiger partial charge in [-0.3, -0.25) is 18.3 Å². The van der Waals surface area contributed by atoms with Gasteiger partial charge in [0.15, 0.2) is 0 Å². The summed E-state index contributed by atoms with van der Waals surface area (Å²) in [6.45, 7) is 0. The van der Waals surface area contributed by atoms with Crippen molar-refractivity contribution < 1.29 is 116 Å². The molecule has 23 heteroatoms. The smallest absolute Gasteiger partial charge is 0.321 e. The largest absolute Gasteiger partial charge is 0.535 e. The molecular formula is C2H12GdO16P6+2. The molecule has 16 nitrogen and oxygen atoms in total. The molecular weight excluding hydrogens is 623 g/mol. The summed E-state index contributed by atoms with van der Waals surface area (Å²) >= 11 is 0. The Morgan fingerprint density at radius 2 is 0.640 bits per heavy atom. The van der Waals surface area contributed by atoms with Gasteiger partial charge in [-0.05, 0) is 9.13 Å². The second kappa shape index (κ2) is 11.3. The molecule has 2 atom stereocenters. The van der Waals surface area contributed by atoms with Crippen LogP contribution in [0.3, 0.4) is 0 Å². The Balaban J connectivity index is -0.000000372. The van der Waals surface area contributed by atoms with Gasteiger partial charge in [-0.2, -0.15) is 9.79 Å². The van der Waals surface area contributed by atoms with Gasteiger partial charge < -0.3 is 39.1 Å². The molecule has 0 aromatic carbocycles. The topological polar surface area (TPSA) is 305 Å². The van der Waals surface area contributed by atoms with Gasteiger partial charge in [0.2, 0.25) is 0 Å². The minimum atomic E-state index is -5.25. The number of rotatable bonds is 6. The molecule has 0 amide bonds. The third kappa shape index (κ3) is 13.0. The summed E-state index contributed by atoms with van der Waals surface area (Å²) in [5, 5.41) is -5.64. The van der Waals surface area contributed by atoms with Crippen LogP contribution in [-0.4, -0.2) is 59.2 Å². The SMILES string of the molecule is O=[P+](O)C(P(=O)(O)O)P(=O)(O)O.O=[P+](O)C(P(=O)(O)O)P(=O)(O)O.[Gd]. The van der Waals surface area contributed by atoms with Gasteiger partial charge in [0, 0.05) is 39.9 Å². The molecule has 2 unspecified atom stereocenters. The van der Waals surface area contributed by atoms with Crippen molar-refractivity contribution in [1.29, 1.82) is 0 Å². The average molecular weight is 635 g/mol. The zero-order valence-corrected chi connectivity index (χ0v) is 18.7. The summed E-state index contributed by atoms with van der Waals surface area (Å²) in [7, 11) is -28.2. The van der Waals surface area contributed by atoms with Crippen LogP contribution in [0.25, 0.3) is 0 Å². The first-order valence-corrected chi connectivity index (χ1v) is 13.9. The molecule has 0 bridgehead atoms. The van der Waals surface area contributed by atoms with Gasteiger partial charge >= 0.3 is 56.7 Å². The maximum atomic E-state index is 10.3. The van der Waals surface area contributed by atoms with Crippen molar-refractivity contribution in [1.82, 2.24) is 0 Å². The van der Waals surface area contributed by atoms with Crippen molar-refractivity contribution >= 4 is 46.4 Å². The molecule has 0 aromatic rings. The molecule has 0 aromatic heterocycles. The fraction of sp³-hybridized carbons (Fsp3) is 1.00. The third-order valence-corrected chi connectivity index (χ3v) is 14.4. The van der Waals surface area contributed by atoms with Crippen molar-refractivity contribution in [3.63, 3.8) is 0 Å². The summed E-state index contributed by atoms with van der Waals surface area (Å²) in [4.78, 5) is 82.5. The molecule has 152 valence electrons. The van der Waals surface area contributed by atoms with E-state index >= 15 is 0 Å². The van der Waals surface area contributed by atoms with Crippen molar-refractivity contribution in [2.45, 2.75) is 10.3 Å². The van der Waals surface area contributed by atoms with Gasteiger partial charge in [0.1, 0.15) is 0 Å². The first kappa shape index (κ1) is 31.7. The molecule has 0 aliphatic rings. The molecule has 0 heterocycles. The Hall–Kier alpha value is 2.04. The van der Waals surface area contributed by atoms with Crippen LogP contribution >= 0.6 is 46.4 Å².